The van der Waals surface area contributed by atoms with Crippen molar-refractivity contribution in [1.82, 2.24) is 9.97 Å². The van der Waals surface area contributed by atoms with Gasteiger partial charge in [0.2, 0.25) is 0 Å². The molecule has 162 valence electrons. The summed E-state index contributed by atoms with van der Waals surface area (Å²) in [5.74, 6) is 0.377. The van der Waals surface area contributed by atoms with Crippen LogP contribution in [0.3, 0.4) is 0 Å². The van der Waals surface area contributed by atoms with Gasteiger partial charge in [0.05, 0.1) is 17.9 Å². The van der Waals surface area contributed by atoms with E-state index in [1.54, 1.807) is 43.6 Å². The number of carbonyl (C=O) groups is 1. The first-order valence-electron chi connectivity index (χ1n) is 9.73. The molecule has 0 fully saturated rings. The van der Waals surface area contributed by atoms with E-state index in [9.17, 15) is 9.90 Å². The Morgan fingerprint density at radius 3 is 2.52 bits per heavy atom. The Bertz CT molecular complexity index is 1010. The second-order valence-corrected chi connectivity index (χ2v) is 6.66. The fourth-order valence-corrected chi connectivity index (χ4v) is 2.88. The van der Waals surface area contributed by atoms with E-state index in [0.29, 0.717) is 41.8 Å². The highest BCUT2D eigenvalue weighted by molar-refractivity contribution is 5.72. The number of aliphatic hydroxyl groups is 1. The van der Waals surface area contributed by atoms with Gasteiger partial charge in [-0.1, -0.05) is 30.3 Å². The summed E-state index contributed by atoms with van der Waals surface area (Å²) in [7, 11) is 1.61. The van der Waals surface area contributed by atoms with Crippen LogP contribution in [0.25, 0.3) is 11.4 Å². The summed E-state index contributed by atoms with van der Waals surface area (Å²) in [6, 6.07) is 16.2. The quantitative estimate of drug-likeness (QED) is 0.452. The highest BCUT2D eigenvalue weighted by atomic mass is 16.5. The first-order chi connectivity index (χ1) is 15.1. The Morgan fingerprint density at radius 2 is 1.74 bits per heavy atom. The van der Waals surface area contributed by atoms with Crippen LogP contribution < -0.4 is 9.47 Å². The molecule has 2 N–H and O–H groups in total. The van der Waals surface area contributed by atoms with Crippen molar-refractivity contribution in [2.45, 2.75) is 19.1 Å². The van der Waals surface area contributed by atoms with Gasteiger partial charge < -0.3 is 24.4 Å². The van der Waals surface area contributed by atoms with E-state index >= 15 is 0 Å². The lowest BCUT2D eigenvalue weighted by Gasteiger charge is -2.13. The highest BCUT2D eigenvalue weighted by Gasteiger charge is 2.16. The molecule has 1 atom stereocenters. The van der Waals surface area contributed by atoms with Crippen molar-refractivity contribution in [2.75, 3.05) is 20.3 Å². The van der Waals surface area contributed by atoms with Crippen molar-refractivity contribution in [3.8, 4) is 22.9 Å². The minimum Gasteiger partial charge on any atom is -0.490 e. The lowest BCUT2D eigenvalue weighted by Crippen LogP contribution is -2.22. The predicted molar refractivity (Wildman–Crippen MR) is 113 cm³/mol. The van der Waals surface area contributed by atoms with E-state index < -0.39 is 12.1 Å². The van der Waals surface area contributed by atoms with Gasteiger partial charge >= 0.3 is 5.97 Å². The molecule has 3 rings (SSSR count). The van der Waals surface area contributed by atoms with Gasteiger partial charge in [-0.15, -0.1) is 0 Å². The molecule has 1 aromatic heterocycles. The highest BCUT2D eigenvalue weighted by Crippen LogP contribution is 2.27. The molecule has 0 saturated carbocycles. The fourth-order valence-electron chi connectivity index (χ4n) is 2.88. The maximum atomic E-state index is 11.0. The molecule has 0 aliphatic heterocycles. The number of carboxylic acid groups (broad SMARTS) is 1. The number of hydrogen-bond acceptors (Lipinski definition) is 7. The summed E-state index contributed by atoms with van der Waals surface area (Å²) in [5, 5.41) is 18.6. The van der Waals surface area contributed by atoms with Gasteiger partial charge in [-0.05, 0) is 29.8 Å². The number of aliphatic hydroxyl groups excluding tert-OH is 1. The third-order valence-electron chi connectivity index (χ3n) is 4.43. The van der Waals surface area contributed by atoms with Gasteiger partial charge in [0.1, 0.15) is 24.7 Å². The zero-order chi connectivity index (χ0) is 22.1. The number of rotatable bonds is 11. The molecule has 3 aromatic rings. The first-order valence-corrected chi connectivity index (χ1v) is 9.73. The minimum absolute atomic E-state index is 0.0489. The SMILES string of the molecule is COCCOc1ccccc1-c1nccc(COc2ccccc2CC(O)C(=O)O)n1. The fraction of sp³-hybridized carbons (Fsp3) is 0.261. The van der Waals surface area contributed by atoms with Crippen molar-refractivity contribution in [3.63, 3.8) is 0 Å². The molecule has 0 aliphatic carbocycles. The summed E-state index contributed by atoms with van der Waals surface area (Å²) in [4.78, 5) is 19.9. The minimum atomic E-state index is -1.50. The van der Waals surface area contributed by atoms with Crippen LogP contribution in [-0.4, -0.2) is 52.6 Å². The van der Waals surface area contributed by atoms with Gasteiger partial charge in [-0.3, -0.25) is 0 Å². The largest absolute Gasteiger partial charge is 0.490 e. The molecule has 0 aliphatic rings. The average molecular weight is 424 g/mol. The summed E-state index contributed by atoms with van der Waals surface area (Å²) in [6.07, 6.45) is 0.102. The van der Waals surface area contributed by atoms with Gasteiger partial charge in [0.25, 0.3) is 0 Å². The molecule has 0 radical (unpaired) electrons. The van der Waals surface area contributed by atoms with E-state index in [4.69, 9.17) is 19.3 Å². The van der Waals surface area contributed by atoms with Crippen LogP contribution in [0.15, 0.2) is 60.8 Å². The molecule has 0 bridgehead atoms. The Kier molecular flexibility index (Phi) is 7.91. The maximum absolute atomic E-state index is 11.0. The van der Waals surface area contributed by atoms with E-state index in [2.05, 4.69) is 9.97 Å². The second kappa shape index (κ2) is 11.1. The molecule has 8 heteroatoms. The van der Waals surface area contributed by atoms with E-state index in [1.165, 1.54) is 0 Å². The third kappa shape index (κ3) is 6.24. The molecule has 2 aromatic carbocycles. The molecule has 1 unspecified atom stereocenters. The van der Waals surface area contributed by atoms with Gasteiger partial charge in [-0.2, -0.15) is 0 Å². The average Bonchev–Trinajstić information content (AvgIpc) is 2.79. The Morgan fingerprint density at radius 1 is 1.00 bits per heavy atom. The van der Waals surface area contributed by atoms with Crippen LogP contribution in [0, 0.1) is 0 Å². The zero-order valence-electron chi connectivity index (χ0n) is 17.1. The molecular formula is C23H24N2O6. The van der Waals surface area contributed by atoms with Crippen LogP contribution in [0.5, 0.6) is 11.5 Å². The Labute approximate surface area is 180 Å². The lowest BCUT2D eigenvalue weighted by molar-refractivity contribution is -0.146. The number of aromatic nitrogens is 2. The van der Waals surface area contributed by atoms with Crippen molar-refractivity contribution in [1.29, 1.82) is 0 Å². The molecule has 0 spiro atoms. The topological polar surface area (TPSA) is 111 Å². The smallest absolute Gasteiger partial charge is 0.332 e. The van der Waals surface area contributed by atoms with E-state index in [-0.39, 0.29) is 13.0 Å². The third-order valence-corrected chi connectivity index (χ3v) is 4.43. The molecule has 31 heavy (non-hydrogen) atoms. The van der Waals surface area contributed by atoms with E-state index in [1.807, 2.05) is 24.3 Å². The van der Waals surface area contributed by atoms with Crippen LogP contribution >= 0.6 is 0 Å². The summed E-state index contributed by atoms with van der Waals surface area (Å²) < 4.78 is 16.7. The predicted octanol–water partition coefficient (Wildman–Crippen LogP) is 2.74. The van der Waals surface area contributed by atoms with Crippen molar-refractivity contribution < 1.29 is 29.2 Å². The van der Waals surface area contributed by atoms with Gasteiger partial charge in [-0.25, -0.2) is 14.8 Å². The first kappa shape index (κ1) is 22.2. The van der Waals surface area contributed by atoms with Crippen LogP contribution in [0.1, 0.15) is 11.3 Å². The Hall–Kier alpha value is -3.49. The normalized spacial score (nSPS) is 11.7. The van der Waals surface area contributed by atoms with Crippen molar-refractivity contribution in [2.24, 2.45) is 0 Å². The summed E-state index contributed by atoms with van der Waals surface area (Å²) >= 11 is 0. The number of para-hydroxylation sites is 2. The maximum Gasteiger partial charge on any atom is 0.332 e. The summed E-state index contributed by atoms with van der Waals surface area (Å²) in [6.45, 7) is 1.04. The molecular weight excluding hydrogens is 400 g/mol. The molecule has 8 nitrogen and oxygen atoms in total. The van der Waals surface area contributed by atoms with Crippen LogP contribution in [0.2, 0.25) is 0 Å². The number of methoxy groups -OCH3 is 1. The second-order valence-electron chi connectivity index (χ2n) is 6.66. The number of carboxylic acids is 1. The zero-order valence-corrected chi connectivity index (χ0v) is 17.1. The van der Waals surface area contributed by atoms with Crippen molar-refractivity contribution >= 4 is 5.97 Å². The van der Waals surface area contributed by atoms with Crippen LogP contribution in [0.4, 0.5) is 0 Å². The molecule has 1 heterocycles. The Balaban J connectivity index is 1.74. The number of hydrogen-bond donors (Lipinski definition) is 2. The molecule has 0 saturated heterocycles. The summed E-state index contributed by atoms with van der Waals surface area (Å²) in [5.41, 5.74) is 2.00. The van der Waals surface area contributed by atoms with E-state index in [0.717, 1.165) is 5.56 Å². The monoisotopic (exact) mass is 424 g/mol. The van der Waals surface area contributed by atoms with Gasteiger partial charge in [0.15, 0.2) is 11.9 Å². The number of aliphatic carboxylic acids is 1. The lowest BCUT2D eigenvalue weighted by atomic mass is 10.1. The van der Waals surface area contributed by atoms with Crippen molar-refractivity contribution in [3.05, 3.63) is 72.1 Å². The molecule has 0 amide bonds. The van der Waals surface area contributed by atoms with Gasteiger partial charge in [0, 0.05) is 19.7 Å². The standard InChI is InChI=1S/C23H24N2O6/c1-29-12-13-30-21-9-5-3-7-18(21)22-24-11-10-17(25-22)15-31-20-8-4-2-6-16(20)14-19(26)23(27)28/h2-11,19,26H,12-15H2,1H3,(H,27,28). The number of benzene rings is 2. The number of ether oxygens (including phenoxy) is 3. The van der Waals surface area contributed by atoms with Crippen LogP contribution in [-0.2, 0) is 22.6 Å². The number of nitrogens with zero attached hydrogens (tertiary/aromatic N) is 2.